The fourth-order valence-electron chi connectivity index (χ4n) is 1.83. The van der Waals surface area contributed by atoms with Gasteiger partial charge in [-0.15, -0.1) is 0 Å². The maximum Gasteiger partial charge on any atom is 0.323 e. The van der Waals surface area contributed by atoms with E-state index < -0.39 is 11.5 Å². The first-order valence-electron chi connectivity index (χ1n) is 5.85. The highest BCUT2D eigenvalue weighted by Crippen LogP contribution is 2.27. The second-order valence-corrected chi connectivity index (χ2v) is 5.55. The summed E-state index contributed by atoms with van der Waals surface area (Å²) in [4.78, 5) is 13.5. The van der Waals surface area contributed by atoms with Crippen molar-refractivity contribution >= 4 is 17.7 Å². The van der Waals surface area contributed by atoms with Crippen LogP contribution >= 0.6 is 11.8 Å². The van der Waals surface area contributed by atoms with Gasteiger partial charge >= 0.3 is 5.97 Å². The lowest BCUT2D eigenvalue weighted by Gasteiger charge is -2.34. The van der Waals surface area contributed by atoms with E-state index in [1.165, 1.54) is 0 Å². The number of nitrogens with zero attached hydrogens (tertiary/aromatic N) is 1. The molecule has 1 aliphatic heterocycles. The molecule has 1 fully saturated rings. The minimum absolute atomic E-state index is 0.667. The van der Waals surface area contributed by atoms with Crippen LogP contribution in [0, 0.1) is 0 Å². The average molecular weight is 246 g/mol. The molecule has 0 bridgehead atoms. The van der Waals surface area contributed by atoms with Crippen molar-refractivity contribution in [1.29, 1.82) is 0 Å². The van der Waals surface area contributed by atoms with Crippen LogP contribution in [0.1, 0.15) is 19.8 Å². The highest BCUT2D eigenvalue weighted by Gasteiger charge is 2.39. The summed E-state index contributed by atoms with van der Waals surface area (Å²) in [5.41, 5.74) is -0.667. The normalized spacial score (nSPS) is 19.9. The fourth-order valence-corrected chi connectivity index (χ4v) is 3.02. The minimum atomic E-state index is -0.688. The van der Waals surface area contributed by atoms with Crippen molar-refractivity contribution in [2.75, 3.05) is 38.2 Å². The molecule has 0 spiro atoms. The third-order valence-corrected chi connectivity index (χ3v) is 4.24. The lowest BCUT2D eigenvalue weighted by atomic mass is 9.92. The molecule has 5 heteroatoms. The number of rotatable bonds is 6. The molecule has 2 N–H and O–H groups in total. The van der Waals surface area contributed by atoms with Crippen LogP contribution in [0.3, 0.4) is 0 Å². The van der Waals surface area contributed by atoms with Crippen molar-refractivity contribution in [2.45, 2.75) is 25.3 Å². The molecule has 16 heavy (non-hydrogen) atoms. The van der Waals surface area contributed by atoms with Crippen LogP contribution in [0.5, 0.6) is 0 Å². The van der Waals surface area contributed by atoms with Gasteiger partial charge in [-0.1, -0.05) is 6.92 Å². The first-order chi connectivity index (χ1) is 7.60. The fraction of sp³-hybridized carbons (Fsp3) is 0.909. The van der Waals surface area contributed by atoms with E-state index in [0.29, 0.717) is 0 Å². The second kappa shape index (κ2) is 6.47. The van der Waals surface area contributed by atoms with Crippen molar-refractivity contribution < 1.29 is 9.90 Å². The van der Waals surface area contributed by atoms with E-state index in [-0.39, 0.29) is 0 Å². The molecular formula is C11H22N2O2S. The van der Waals surface area contributed by atoms with Crippen molar-refractivity contribution in [3.05, 3.63) is 0 Å². The number of thioether (sulfide) groups is 1. The molecule has 1 heterocycles. The third-order valence-electron chi connectivity index (χ3n) is 3.25. The number of likely N-dealkylation sites (N-methyl/N-ethyl adjacent to an activating group) is 1. The Morgan fingerprint density at radius 1 is 1.50 bits per heavy atom. The van der Waals surface area contributed by atoms with Gasteiger partial charge in [-0.05, 0) is 37.9 Å². The summed E-state index contributed by atoms with van der Waals surface area (Å²) < 4.78 is 0. The predicted molar refractivity (Wildman–Crippen MR) is 68.1 cm³/mol. The molecule has 0 aromatic rings. The Kier molecular flexibility index (Phi) is 5.58. The van der Waals surface area contributed by atoms with E-state index in [0.717, 1.165) is 44.0 Å². The van der Waals surface area contributed by atoms with E-state index in [2.05, 4.69) is 17.1 Å². The summed E-state index contributed by atoms with van der Waals surface area (Å²) in [6.07, 6.45) is 1.48. The van der Waals surface area contributed by atoms with E-state index >= 15 is 0 Å². The Hall–Kier alpha value is -0.260. The molecule has 0 radical (unpaired) electrons. The molecule has 0 saturated carbocycles. The van der Waals surface area contributed by atoms with Crippen LogP contribution in [-0.2, 0) is 4.79 Å². The number of carboxylic acids is 1. The molecule has 1 aliphatic rings. The number of hydrogen-bond acceptors (Lipinski definition) is 4. The highest BCUT2D eigenvalue weighted by atomic mass is 32.2. The van der Waals surface area contributed by atoms with E-state index in [1.807, 2.05) is 18.8 Å². The van der Waals surface area contributed by atoms with Gasteiger partial charge in [0, 0.05) is 13.1 Å². The summed E-state index contributed by atoms with van der Waals surface area (Å²) in [5.74, 6) is 1.21. The van der Waals surface area contributed by atoms with E-state index in [4.69, 9.17) is 0 Å². The van der Waals surface area contributed by atoms with E-state index in [9.17, 15) is 9.90 Å². The molecule has 0 aromatic carbocycles. The van der Waals surface area contributed by atoms with Gasteiger partial charge < -0.3 is 15.3 Å². The smallest absolute Gasteiger partial charge is 0.323 e. The largest absolute Gasteiger partial charge is 0.480 e. The molecule has 0 aromatic heterocycles. The van der Waals surface area contributed by atoms with Gasteiger partial charge in [0.05, 0.1) is 0 Å². The summed E-state index contributed by atoms with van der Waals surface area (Å²) in [6.45, 7) is 4.75. The van der Waals surface area contributed by atoms with Gasteiger partial charge in [0.25, 0.3) is 0 Å². The Morgan fingerprint density at radius 3 is 2.62 bits per heavy atom. The molecule has 1 saturated heterocycles. The second-order valence-electron chi connectivity index (χ2n) is 4.32. The molecule has 1 rings (SSSR count). The Bertz CT molecular complexity index is 230. The molecular weight excluding hydrogens is 224 g/mol. The van der Waals surface area contributed by atoms with Gasteiger partial charge in [0.15, 0.2) is 0 Å². The quantitative estimate of drug-likeness (QED) is 0.728. The van der Waals surface area contributed by atoms with Gasteiger partial charge in [0.2, 0.25) is 0 Å². The lowest BCUT2D eigenvalue weighted by molar-refractivity contribution is -0.145. The van der Waals surface area contributed by atoms with E-state index in [1.54, 1.807) is 0 Å². The van der Waals surface area contributed by atoms with Crippen LogP contribution < -0.4 is 5.32 Å². The standard InChI is InChI=1S/C11H22N2O2S/c1-3-13(2)7-6-12-11(10(14)15)4-8-16-9-5-11/h12H,3-9H2,1-2H3,(H,14,15). The molecule has 0 unspecified atom stereocenters. The number of aliphatic carboxylic acids is 1. The maximum atomic E-state index is 11.3. The van der Waals surface area contributed by atoms with Gasteiger partial charge in [-0.25, -0.2) is 0 Å². The molecule has 0 aliphatic carbocycles. The summed E-state index contributed by atoms with van der Waals surface area (Å²) in [6, 6.07) is 0. The zero-order valence-electron chi connectivity index (χ0n) is 10.2. The van der Waals surface area contributed by atoms with Crippen molar-refractivity contribution in [1.82, 2.24) is 10.2 Å². The number of carbonyl (C=O) groups is 1. The number of hydrogen-bond donors (Lipinski definition) is 2. The molecule has 94 valence electrons. The lowest BCUT2D eigenvalue weighted by Crippen LogP contribution is -2.55. The van der Waals surface area contributed by atoms with Crippen LogP contribution in [-0.4, -0.2) is 59.7 Å². The summed E-state index contributed by atoms with van der Waals surface area (Å²) >= 11 is 1.85. The Morgan fingerprint density at radius 2 is 2.12 bits per heavy atom. The third kappa shape index (κ3) is 3.64. The van der Waals surface area contributed by atoms with Gasteiger partial charge in [-0.3, -0.25) is 4.79 Å². The SMILES string of the molecule is CCN(C)CCNC1(C(=O)O)CCSCC1. The monoisotopic (exact) mass is 246 g/mol. The van der Waals surface area contributed by atoms with Crippen LogP contribution in [0.2, 0.25) is 0 Å². The van der Waals surface area contributed by atoms with Gasteiger partial charge in [-0.2, -0.15) is 11.8 Å². The topological polar surface area (TPSA) is 52.6 Å². The van der Waals surface area contributed by atoms with Crippen molar-refractivity contribution in [2.24, 2.45) is 0 Å². The van der Waals surface area contributed by atoms with Crippen molar-refractivity contribution in [3.63, 3.8) is 0 Å². The van der Waals surface area contributed by atoms with Gasteiger partial charge in [0.1, 0.15) is 5.54 Å². The minimum Gasteiger partial charge on any atom is -0.480 e. The highest BCUT2D eigenvalue weighted by molar-refractivity contribution is 7.99. The summed E-state index contributed by atoms with van der Waals surface area (Å²) in [7, 11) is 2.05. The zero-order chi connectivity index (χ0) is 12.0. The molecule has 4 nitrogen and oxygen atoms in total. The predicted octanol–water partition coefficient (Wildman–Crippen LogP) is 0.878. The first-order valence-corrected chi connectivity index (χ1v) is 7.01. The number of nitrogens with one attached hydrogen (secondary N) is 1. The Labute approximate surface area is 102 Å². The maximum absolute atomic E-state index is 11.3. The van der Waals surface area contributed by atoms with Crippen LogP contribution in [0.15, 0.2) is 0 Å². The molecule has 0 amide bonds. The summed E-state index contributed by atoms with van der Waals surface area (Å²) in [5, 5.41) is 12.6. The molecule has 0 atom stereocenters. The van der Waals surface area contributed by atoms with Crippen LogP contribution in [0.4, 0.5) is 0 Å². The number of carboxylic acid groups (broad SMARTS) is 1. The van der Waals surface area contributed by atoms with Crippen molar-refractivity contribution in [3.8, 4) is 0 Å². The Balaban J connectivity index is 2.42. The zero-order valence-corrected chi connectivity index (χ0v) is 11.0. The first kappa shape index (κ1) is 13.8. The average Bonchev–Trinajstić information content (AvgIpc) is 2.30. The van der Waals surface area contributed by atoms with Crippen LogP contribution in [0.25, 0.3) is 0 Å².